The number of morpholine rings is 1. The zero-order valence-electron chi connectivity index (χ0n) is 16.4. The monoisotopic (exact) mass is 371 g/mol. The predicted octanol–water partition coefficient (Wildman–Crippen LogP) is 3.29. The van der Waals surface area contributed by atoms with Crippen molar-refractivity contribution in [1.29, 1.82) is 0 Å². The Morgan fingerprint density at radius 3 is 2.74 bits per heavy atom. The molecule has 2 aromatic rings. The highest BCUT2D eigenvalue weighted by molar-refractivity contribution is 6.00. The number of hydrogen-bond donors (Lipinski definition) is 2. The second-order valence-corrected chi connectivity index (χ2v) is 7.22. The normalized spacial score (nSPS) is 15.1. The van der Waals surface area contributed by atoms with Crippen molar-refractivity contribution in [3.63, 3.8) is 0 Å². The molecule has 27 heavy (non-hydrogen) atoms. The smallest absolute Gasteiger partial charge is 0.323 e. The van der Waals surface area contributed by atoms with E-state index in [0.717, 1.165) is 56.2 Å². The fraction of sp³-hybridized carbons (Fsp3) is 0.500. The number of rotatable bonds is 6. The van der Waals surface area contributed by atoms with Crippen molar-refractivity contribution >= 4 is 17.4 Å². The van der Waals surface area contributed by atoms with Crippen molar-refractivity contribution < 1.29 is 9.53 Å². The first-order valence-electron chi connectivity index (χ1n) is 9.53. The van der Waals surface area contributed by atoms with E-state index in [1.807, 2.05) is 29.9 Å². The third-order valence-electron chi connectivity index (χ3n) is 4.81. The van der Waals surface area contributed by atoms with Gasteiger partial charge in [-0.25, -0.2) is 4.79 Å². The van der Waals surface area contributed by atoms with Crippen molar-refractivity contribution in [1.82, 2.24) is 14.7 Å². The number of carbonyl (C=O) groups excluding carboxylic acids is 1. The Hall–Kier alpha value is -2.38. The number of anilines is 2. The van der Waals surface area contributed by atoms with Gasteiger partial charge < -0.3 is 15.4 Å². The molecule has 2 heterocycles. The molecule has 146 valence electrons. The number of hydrogen-bond acceptors (Lipinski definition) is 4. The van der Waals surface area contributed by atoms with Gasteiger partial charge in [0.15, 0.2) is 0 Å². The lowest BCUT2D eigenvalue weighted by molar-refractivity contribution is 0.0360. The molecule has 2 amide bonds. The summed E-state index contributed by atoms with van der Waals surface area (Å²) in [6.45, 7) is 11.5. The molecule has 0 saturated carbocycles. The van der Waals surface area contributed by atoms with E-state index in [2.05, 4.69) is 40.5 Å². The van der Waals surface area contributed by atoms with Crippen molar-refractivity contribution in [2.45, 2.75) is 33.2 Å². The van der Waals surface area contributed by atoms with Crippen LogP contribution in [0.5, 0.6) is 0 Å². The molecular formula is C20H29N5O2. The molecular weight excluding hydrogens is 342 g/mol. The van der Waals surface area contributed by atoms with Gasteiger partial charge in [-0.05, 0) is 24.0 Å². The van der Waals surface area contributed by atoms with Crippen LogP contribution in [0.3, 0.4) is 0 Å². The van der Waals surface area contributed by atoms with Crippen molar-refractivity contribution in [3.05, 3.63) is 41.7 Å². The largest absolute Gasteiger partial charge is 0.379 e. The summed E-state index contributed by atoms with van der Waals surface area (Å²) in [6, 6.07) is 5.83. The molecule has 0 atom stereocenters. The molecule has 1 fully saturated rings. The number of aryl methyl sites for hydroxylation is 1. The SMILES string of the molecule is Cc1cccc(C(C)C)c1NC(=O)Nc1cnn(CCN2CCOCC2)c1. The van der Waals surface area contributed by atoms with Gasteiger partial charge in [-0.2, -0.15) is 5.10 Å². The Morgan fingerprint density at radius 2 is 2.00 bits per heavy atom. The Bertz CT molecular complexity index is 765. The van der Waals surface area contributed by atoms with E-state index in [4.69, 9.17) is 4.74 Å². The predicted molar refractivity (Wildman–Crippen MR) is 107 cm³/mol. The summed E-state index contributed by atoms with van der Waals surface area (Å²) >= 11 is 0. The van der Waals surface area contributed by atoms with Gasteiger partial charge in [-0.3, -0.25) is 9.58 Å². The van der Waals surface area contributed by atoms with E-state index in [0.29, 0.717) is 11.6 Å². The summed E-state index contributed by atoms with van der Waals surface area (Å²) in [7, 11) is 0. The quantitative estimate of drug-likeness (QED) is 0.817. The fourth-order valence-electron chi connectivity index (χ4n) is 3.24. The number of para-hydroxylation sites is 1. The van der Waals surface area contributed by atoms with Crippen molar-refractivity contribution in [2.75, 3.05) is 43.5 Å². The molecule has 7 nitrogen and oxygen atoms in total. The number of urea groups is 1. The van der Waals surface area contributed by atoms with E-state index < -0.39 is 0 Å². The Labute approximate surface area is 160 Å². The third kappa shape index (κ3) is 5.30. The summed E-state index contributed by atoms with van der Waals surface area (Å²) in [6.07, 6.45) is 3.54. The highest BCUT2D eigenvalue weighted by Crippen LogP contribution is 2.27. The van der Waals surface area contributed by atoms with Gasteiger partial charge in [0.25, 0.3) is 0 Å². The average Bonchev–Trinajstić information content (AvgIpc) is 3.09. The molecule has 0 spiro atoms. The van der Waals surface area contributed by atoms with E-state index >= 15 is 0 Å². The number of nitrogens with one attached hydrogen (secondary N) is 2. The summed E-state index contributed by atoms with van der Waals surface area (Å²) in [4.78, 5) is 14.8. The zero-order chi connectivity index (χ0) is 19.2. The molecule has 1 aromatic carbocycles. The highest BCUT2D eigenvalue weighted by Gasteiger charge is 2.13. The maximum absolute atomic E-state index is 12.4. The van der Waals surface area contributed by atoms with Crippen LogP contribution in [0.25, 0.3) is 0 Å². The minimum absolute atomic E-state index is 0.251. The van der Waals surface area contributed by atoms with Crippen molar-refractivity contribution in [3.8, 4) is 0 Å². The highest BCUT2D eigenvalue weighted by atomic mass is 16.5. The van der Waals surface area contributed by atoms with Crippen LogP contribution in [0, 0.1) is 6.92 Å². The van der Waals surface area contributed by atoms with Crippen LogP contribution in [-0.4, -0.2) is 53.6 Å². The van der Waals surface area contributed by atoms with Crippen LogP contribution < -0.4 is 10.6 Å². The van der Waals surface area contributed by atoms with E-state index in [1.54, 1.807) is 6.20 Å². The topological polar surface area (TPSA) is 71.4 Å². The van der Waals surface area contributed by atoms with Crippen LogP contribution >= 0.6 is 0 Å². The molecule has 7 heteroatoms. The van der Waals surface area contributed by atoms with Crippen LogP contribution in [0.15, 0.2) is 30.6 Å². The summed E-state index contributed by atoms with van der Waals surface area (Å²) in [5.74, 6) is 0.336. The van der Waals surface area contributed by atoms with Crippen LogP contribution in [-0.2, 0) is 11.3 Å². The molecule has 1 aromatic heterocycles. The van der Waals surface area contributed by atoms with Gasteiger partial charge in [0.05, 0.1) is 31.6 Å². The van der Waals surface area contributed by atoms with E-state index in [1.165, 1.54) is 0 Å². The Kier molecular flexibility index (Phi) is 6.47. The molecule has 0 aliphatic carbocycles. The van der Waals surface area contributed by atoms with Gasteiger partial charge in [0, 0.05) is 31.5 Å². The lowest BCUT2D eigenvalue weighted by Gasteiger charge is -2.26. The Morgan fingerprint density at radius 1 is 1.22 bits per heavy atom. The minimum atomic E-state index is -0.251. The van der Waals surface area contributed by atoms with Gasteiger partial charge in [0.1, 0.15) is 0 Å². The minimum Gasteiger partial charge on any atom is -0.379 e. The first kappa shape index (κ1) is 19.4. The third-order valence-corrected chi connectivity index (χ3v) is 4.81. The standard InChI is InChI=1S/C20H29N5O2/c1-15(2)18-6-4-5-16(3)19(18)23-20(26)22-17-13-21-25(14-17)8-7-24-9-11-27-12-10-24/h4-6,13-15H,7-12H2,1-3H3,(H2,22,23,26). The Balaban J connectivity index is 1.55. The van der Waals surface area contributed by atoms with Gasteiger partial charge in [-0.1, -0.05) is 32.0 Å². The summed E-state index contributed by atoms with van der Waals surface area (Å²) in [5, 5.41) is 10.2. The first-order chi connectivity index (χ1) is 13.0. The summed E-state index contributed by atoms with van der Waals surface area (Å²) in [5.41, 5.74) is 3.75. The van der Waals surface area contributed by atoms with Crippen molar-refractivity contribution in [2.24, 2.45) is 0 Å². The van der Waals surface area contributed by atoms with Gasteiger partial charge in [0.2, 0.25) is 0 Å². The lowest BCUT2D eigenvalue weighted by Crippen LogP contribution is -2.38. The second-order valence-electron chi connectivity index (χ2n) is 7.22. The molecule has 0 unspecified atom stereocenters. The van der Waals surface area contributed by atoms with E-state index in [9.17, 15) is 4.79 Å². The van der Waals surface area contributed by atoms with Crippen LogP contribution in [0.2, 0.25) is 0 Å². The molecule has 3 rings (SSSR count). The average molecular weight is 371 g/mol. The molecule has 0 radical (unpaired) electrons. The van der Waals surface area contributed by atoms with E-state index in [-0.39, 0.29) is 6.03 Å². The fourth-order valence-corrected chi connectivity index (χ4v) is 3.24. The zero-order valence-corrected chi connectivity index (χ0v) is 16.4. The number of aromatic nitrogens is 2. The lowest BCUT2D eigenvalue weighted by atomic mass is 9.98. The molecule has 1 saturated heterocycles. The molecule has 1 aliphatic rings. The van der Waals surface area contributed by atoms with Gasteiger partial charge >= 0.3 is 6.03 Å². The number of nitrogens with zero attached hydrogens (tertiary/aromatic N) is 3. The number of amides is 2. The van der Waals surface area contributed by atoms with Crippen LogP contribution in [0.4, 0.5) is 16.2 Å². The second kappa shape index (κ2) is 9.01. The number of ether oxygens (including phenoxy) is 1. The number of benzene rings is 1. The van der Waals surface area contributed by atoms with Gasteiger partial charge in [-0.15, -0.1) is 0 Å². The first-order valence-corrected chi connectivity index (χ1v) is 9.53. The molecule has 0 bridgehead atoms. The molecule has 1 aliphatic heterocycles. The summed E-state index contributed by atoms with van der Waals surface area (Å²) < 4.78 is 7.22. The maximum atomic E-state index is 12.4. The van der Waals surface area contributed by atoms with Crippen LogP contribution in [0.1, 0.15) is 30.9 Å². The maximum Gasteiger partial charge on any atom is 0.323 e. The molecule has 2 N–H and O–H groups in total. The number of carbonyl (C=O) groups is 1.